The normalized spacial score (nSPS) is 17.2. The van der Waals surface area contributed by atoms with Crippen LogP contribution in [0.3, 0.4) is 0 Å². The summed E-state index contributed by atoms with van der Waals surface area (Å²) in [4.78, 5) is 21.3. The van der Waals surface area contributed by atoms with Gasteiger partial charge in [-0.1, -0.05) is 25.3 Å². The van der Waals surface area contributed by atoms with Crippen molar-refractivity contribution in [1.29, 1.82) is 0 Å². The zero-order valence-corrected chi connectivity index (χ0v) is 16.0. The third kappa shape index (κ3) is 4.43. The largest absolute Gasteiger partial charge is 0.353 e. The lowest BCUT2D eigenvalue weighted by Crippen LogP contribution is -2.47. The Balaban J connectivity index is 1.30. The van der Waals surface area contributed by atoms with Crippen LogP contribution in [0.2, 0.25) is 0 Å². The highest BCUT2D eigenvalue weighted by Gasteiger charge is 2.22. The molecule has 0 spiro atoms. The van der Waals surface area contributed by atoms with Gasteiger partial charge in [0.2, 0.25) is 0 Å². The molecular formula is C21H27N5O. The first-order chi connectivity index (χ1) is 13.2. The van der Waals surface area contributed by atoms with Crippen molar-refractivity contribution < 1.29 is 4.79 Å². The maximum Gasteiger partial charge on any atom is 0.183 e. The molecule has 1 saturated carbocycles. The van der Waals surface area contributed by atoms with E-state index in [1.807, 2.05) is 24.4 Å². The summed E-state index contributed by atoms with van der Waals surface area (Å²) in [5, 5.41) is 8.51. The van der Waals surface area contributed by atoms with Gasteiger partial charge >= 0.3 is 0 Å². The predicted octanol–water partition coefficient (Wildman–Crippen LogP) is 3.27. The molecule has 0 radical (unpaired) electrons. The number of hydrogen-bond acceptors (Lipinski definition) is 6. The van der Waals surface area contributed by atoms with Crippen LogP contribution < -0.4 is 9.80 Å². The summed E-state index contributed by atoms with van der Waals surface area (Å²) < 4.78 is 0. The van der Waals surface area contributed by atoms with E-state index in [4.69, 9.17) is 0 Å². The topological polar surface area (TPSA) is 62.2 Å². The molecule has 4 rings (SSSR count). The van der Waals surface area contributed by atoms with Gasteiger partial charge in [0.15, 0.2) is 11.6 Å². The number of aryl methyl sites for hydroxylation is 1. The van der Waals surface area contributed by atoms with Gasteiger partial charge in [0.25, 0.3) is 0 Å². The Hall–Kier alpha value is -2.50. The minimum absolute atomic E-state index is 0.116. The molecule has 1 aliphatic heterocycles. The van der Waals surface area contributed by atoms with E-state index in [1.165, 1.54) is 24.8 Å². The third-order valence-corrected chi connectivity index (χ3v) is 5.53. The molecule has 0 amide bonds. The third-order valence-electron chi connectivity index (χ3n) is 5.53. The average molecular weight is 365 g/mol. The zero-order chi connectivity index (χ0) is 18.6. The van der Waals surface area contributed by atoms with Gasteiger partial charge in [-0.2, -0.15) is 0 Å². The number of carbonyl (C=O) groups excluding carboxylic acids is 1. The van der Waals surface area contributed by atoms with Crippen LogP contribution >= 0.6 is 0 Å². The summed E-state index contributed by atoms with van der Waals surface area (Å²) >= 11 is 0. The highest BCUT2D eigenvalue weighted by molar-refractivity contribution is 5.94. The molecule has 0 bridgehead atoms. The van der Waals surface area contributed by atoms with Gasteiger partial charge in [-0.15, -0.1) is 10.2 Å². The van der Waals surface area contributed by atoms with Gasteiger partial charge in [0.1, 0.15) is 11.5 Å². The first kappa shape index (κ1) is 17.9. The lowest BCUT2D eigenvalue weighted by Gasteiger charge is -2.36. The summed E-state index contributed by atoms with van der Waals surface area (Å²) in [6, 6.07) is 7.83. The van der Waals surface area contributed by atoms with Crippen LogP contribution in [0.25, 0.3) is 0 Å². The Morgan fingerprint density at radius 3 is 2.52 bits per heavy atom. The summed E-state index contributed by atoms with van der Waals surface area (Å²) in [7, 11) is 0. The van der Waals surface area contributed by atoms with Crippen molar-refractivity contribution in [3.63, 3.8) is 0 Å². The van der Waals surface area contributed by atoms with Gasteiger partial charge in [0.05, 0.1) is 0 Å². The minimum Gasteiger partial charge on any atom is -0.353 e. The van der Waals surface area contributed by atoms with Crippen LogP contribution in [-0.2, 0) is 0 Å². The van der Waals surface area contributed by atoms with Gasteiger partial charge in [0, 0.05) is 38.8 Å². The SMILES string of the molecule is Cc1cccnc1N1CCN(c2ccc(C(=O)CCCC3CC3)nn2)CC1. The fourth-order valence-electron chi connectivity index (χ4n) is 3.68. The molecule has 6 heteroatoms. The molecule has 2 aliphatic rings. The summed E-state index contributed by atoms with van der Waals surface area (Å²) in [5.41, 5.74) is 1.70. The molecule has 142 valence electrons. The minimum atomic E-state index is 0.116. The van der Waals surface area contributed by atoms with Crippen molar-refractivity contribution in [2.45, 2.75) is 39.0 Å². The molecule has 2 fully saturated rings. The van der Waals surface area contributed by atoms with E-state index in [-0.39, 0.29) is 5.78 Å². The molecule has 3 heterocycles. The number of anilines is 2. The number of rotatable bonds is 7. The Labute approximate surface area is 160 Å². The maximum absolute atomic E-state index is 12.2. The lowest BCUT2D eigenvalue weighted by atomic mass is 10.1. The van der Waals surface area contributed by atoms with E-state index in [1.54, 1.807) is 0 Å². The Morgan fingerprint density at radius 1 is 1.07 bits per heavy atom. The van der Waals surface area contributed by atoms with Gasteiger partial charge in [-0.05, 0) is 43.0 Å². The molecule has 0 aromatic carbocycles. The molecule has 1 saturated heterocycles. The van der Waals surface area contributed by atoms with E-state index in [9.17, 15) is 4.79 Å². The van der Waals surface area contributed by atoms with Gasteiger partial charge in [-0.3, -0.25) is 4.79 Å². The van der Waals surface area contributed by atoms with E-state index in [0.29, 0.717) is 12.1 Å². The van der Waals surface area contributed by atoms with Crippen LogP contribution in [0, 0.1) is 12.8 Å². The average Bonchev–Trinajstić information content (AvgIpc) is 3.53. The zero-order valence-electron chi connectivity index (χ0n) is 16.0. The fourth-order valence-corrected chi connectivity index (χ4v) is 3.68. The smallest absolute Gasteiger partial charge is 0.183 e. The van der Waals surface area contributed by atoms with Crippen molar-refractivity contribution >= 4 is 17.4 Å². The predicted molar refractivity (Wildman–Crippen MR) is 106 cm³/mol. The molecular weight excluding hydrogens is 338 g/mol. The second-order valence-electron chi connectivity index (χ2n) is 7.65. The van der Waals surface area contributed by atoms with Crippen LogP contribution in [-0.4, -0.2) is 47.1 Å². The first-order valence-electron chi connectivity index (χ1n) is 9.99. The molecule has 0 N–H and O–H groups in total. The van der Waals surface area contributed by atoms with Crippen LogP contribution in [0.15, 0.2) is 30.5 Å². The van der Waals surface area contributed by atoms with E-state index < -0.39 is 0 Å². The number of piperazine rings is 1. The monoisotopic (exact) mass is 365 g/mol. The van der Waals surface area contributed by atoms with E-state index in [2.05, 4.69) is 38.0 Å². The molecule has 6 nitrogen and oxygen atoms in total. The Bertz CT molecular complexity index is 779. The van der Waals surface area contributed by atoms with Crippen LogP contribution in [0.5, 0.6) is 0 Å². The number of aromatic nitrogens is 3. The molecule has 2 aromatic heterocycles. The quantitative estimate of drug-likeness (QED) is 0.702. The molecule has 27 heavy (non-hydrogen) atoms. The number of ketones is 1. The van der Waals surface area contributed by atoms with Crippen molar-refractivity contribution in [1.82, 2.24) is 15.2 Å². The van der Waals surface area contributed by atoms with Crippen molar-refractivity contribution in [3.05, 3.63) is 41.7 Å². The molecule has 0 unspecified atom stereocenters. The first-order valence-corrected chi connectivity index (χ1v) is 9.99. The van der Waals surface area contributed by atoms with Crippen LogP contribution in [0.1, 0.15) is 48.2 Å². The number of Topliss-reactive ketones (excluding diaryl/α,β-unsaturated/α-hetero) is 1. The Kier molecular flexibility index (Phi) is 5.32. The standard InChI is InChI=1S/C21H27N5O/c1-16-4-3-11-22-21(16)26-14-12-25(13-15-26)20-10-9-18(23-24-20)19(27)6-2-5-17-7-8-17/h3-4,9-11,17H,2,5-8,12-15H2,1H3. The second-order valence-corrected chi connectivity index (χ2v) is 7.65. The van der Waals surface area contributed by atoms with Gasteiger partial charge in [-0.25, -0.2) is 4.98 Å². The van der Waals surface area contributed by atoms with Crippen molar-refractivity contribution in [2.24, 2.45) is 5.92 Å². The summed E-state index contributed by atoms with van der Waals surface area (Å²) in [6.45, 7) is 5.65. The van der Waals surface area contributed by atoms with Crippen molar-refractivity contribution in [3.8, 4) is 0 Å². The number of nitrogens with zero attached hydrogens (tertiary/aromatic N) is 5. The number of hydrogen-bond donors (Lipinski definition) is 0. The molecule has 2 aromatic rings. The van der Waals surface area contributed by atoms with Gasteiger partial charge < -0.3 is 9.80 Å². The number of pyridine rings is 1. The Morgan fingerprint density at radius 2 is 1.85 bits per heavy atom. The van der Waals surface area contributed by atoms with Crippen molar-refractivity contribution in [2.75, 3.05) is 36.0 Å². The highest BCUT2D eigenvalue weighted by Crippen LogP contribution is 2.34. The van der Waals surface area contributed by atoms with E-state index in [0.717, 1.165) is 50.2 Å². The highest BCUT2D eigenvalue weighted by atomic mass is 16.1. The lowest BCUT2D eigenvalue weighted by molar-refractivity contribution is 0.0973. The second kappa shape index (κ2) is 8.03. The maximum atomic E-state index is 12.2. The summed E-state index contributed by atoms with van der Waals surface area (Å²) in [6.07, 6.45) is 7.28. The number of carbonyl (C=O) groups is 1. The molecule has 0 atom stereocenters. The van der Waals surface area contributed by atoms with Crippen LogP contribution in [0.4, 0.5) is 11.6 Å². The summed E-state index contributed by atoms with van der Waals surface area (Å²) in [5.74, 6) is 2.90. The molecule has 1 aliphatic carbocycles. The van der Waals surface area contributed by atoms with E-state index >= 15 is 0 Å². The fraction of sp³-hybridized carbons (Fsp3) is 0.524.